The molecule has 1 aromatic heterocycles. The summed E-state index contributed by atoms with van der Waals surface area (Å²) in [6.45, 7) is 0. The van der Waals surface area contributed by atoms with Gasteiger partial charge in [0.1, 0.15) is 0 Å². The molecule has 1 aromatic carbocycles. The Bertz CT molecular complexity index is 624. The van der Waals surface area contributed by atoms with Gasteiger partial charge in [-0.05, 0) is 36.4 Å². The summed E-state index contributed by atoms with van der Waals surface area (Å²) in [4.78, 5) is 26.6. The molecule has 5 nitrogen and oxygen atoms in total. The van der Waals surface area contributed by atoms with Crippen molar-refractivity contribution in [3.05, 3.63) is 59.7 Å². The summed E-state index contributed by atoms with van der Waals surface area (Å²) in [5.41, 5.74) is 1.28. The van der Waals surface area contributed by atoms with Gasteiger partial charge in [0, 0.05) is 24.5 Å². The minimum absolute atomic E-state index is 0.203. The first-order chi connectivity index (χ1) is 9.60. The van der Waals surface area contributed by atoms with Crippen molar-refractivity contribution in [3.8, 4) is 0 Å². The standard InChI is InChI=1S/C14H12FN3O2/c1-16-13(19)9-2-5-11(6-3-9)18-14(20)10-4-7-12(15)17-8-10/h2-8H,1H3,(H,16,19)(H,18,20). The molecule has 2 N–H and O–H groups in total. The summed E-state index contributed by atoms with van der Waals surface area (Å²) >= 11 is 0. The monoisotopic (exact) mass is 273 g/mol. The number of anilines is 1. The van der Waals surface area contributed by atoms with Gasteiger partial charge >= 0.3 is 0 Å². The maximum Gasteiger partial charge on any atom is 0.257 e. The van der Waals surface area contributed by atoms with Gasteiger partial charge < -0.3 is 10.6 Å². The van der Waals surface area contributed by atoms with Crippen LogP contribution in [0.2, 0.25) is 0 Å². The van der Waals surface area contributed by atoms with E-state index in [1.807, 2.05) is 0 Å². The first-order valence-electron chi connectivity index (χ1n) is 5.85. The van der Waals surface area contributed by atoms with Crippen molar-refractivity contribution in [2.24, 2.45) is 0 Å². The lowest BCUT2D eigenvalue weighted by molar-refractivity contribution is 0.0962. The van der Waals surface area contributed by atoms with E-state index in [4.69, 9.17) is 0 Å². The predicted octanol–water partition coefficient (Wildman–Crippen LogP) is 1.83. The number of halogens is 1. The summed E-state index contributed by atoms with van der Waals surface area (Å²) in [6, 6.07) is 8.87. The van der Waals surface area contributed by atoms with Crippen molar-refractivity contribution in [3.63, 3.8) is 0 Å². The molecule has 0 aliphatic carbocycles. The smallest absolute Gasteiger partial charge is 0.257 e. The van der Waals surface area contributed by atoms with Crippen molar-refractivity contribution < 1.29 is 14.0 Å². The maximum atomic E-state index is 12.6. The highest BCUT2D eigenvalue weighted by molar-refractivity contribution is 6.04. The van der Waals surface area contributed by atoms with Gasteiger partial charge in [-0.25, -0.2) is 4.98 Å². The molecule has 0 saturated carbocycles. The molecule has 0 aliphatic rings. The van der Waals surface area contributed by atoms with E-state index in [9.17, 15) is 14.0 Å². The quantitative estimate of drug-likeness (QED) is 0.838. The van der Waals surface area contributed by atoms with Gasteiger partial charge in [-0.15, -0.1) is 0 Å². The molecule has 6 heteroatoms. The third-order valence-electron chi connectivity index (χ3n) is 2.62. The van der Waals surface area contributed by atoms with Gasteiger partial charge in [-0.2, -0.15) is 4.39 Å². The van der Waals surface area contributed by atoms with Gasteiger partial charge in [-0.1, -0.05) is 0 Å². The molecule has 2 amide bonds. The molecule has 0 unspecified atom stereocenters. The molecule has 2 aromatic rings. The number of hydrogen-bond acceptors (Lipinski definition) is 3. The fourth-order valence-electron chi connectivity index (χ4n) is 1.56. The van der Waals surface area contributed by atoms with E-state index < -0.39 is 11.9 Å². The van der Waals surface area contributed by atoms with Crippen LogP contribution in [0.15, 0.2) is 42.6 Å². The highest BCUT2D eigenvalue weighted by atomic mass is 19.1. The summed E-state index contributed by atoms with van der Waals surface area (Å²) in [5.74, 6) is -1.24. The van der Waals surface area contributed by atoms with Crippen molar-refractivity contribution in [2.45, 2.75) is 0 Å². The Morgan fingerprint density at radius 3 is 2.20 bits per heavy atom. The van der Waals surface area contributed by atoms with Gasteiger partial charge in [0.05, 0.1) is 5.56 Å². The van der Waals surface area contributed by atoms with Crippen LogP contribution in [0.3, 0.4) is 0 Å². The fraction of sp³-hybridized carbons (Fsp3) is 0.0714. The van der Waals surface area contributed by atoms with Gasteiger partial charge in [0.25, 0.3) is 11.8 Å². The lowest BCUT2D eigenvalue weighted by Gasteiger charge is -2.06. The SMILES string of the molecule is CNC(=O)c1ccc(NC(=O)c2ccc(F)nc2)cc1. The van der Waals surface area contributed by atoms with E-state index in [0.29, 0.717) is 11.3 Å². The Labute approximate surface area is 114 Å². The summed E-state index contributed by atoms with van der Waals surface area (Å²) in [7, 11) is 1.54. The van der Waals surface area contributed by atoms with Crippen molar-refractivity contribution in [1.82, 2.24) is 10.3 Å². The van der Waals surface area contributed by atoms with Crippen LogP contribution in [0.1, 0.15) is 20.7 Å². The first kappa shape index (κ1) is 13.7. The largest absolute Gasteiger partial charge is 0.355 e. The Hall–Kier alpha value is -2.76. The minimum Gasteiger partial charge on any atom is -0.355 e. The number of nitrogens with zero attached hydrogens (tertiary/aromatic N) is 1. The van der Waals surface area contributed by atoms with Crippen LogP contribution in [-0.4, -0.2) is 23.8 Å². The van der Waals surface area contributed by atoms with Crippen LogP contribution in [-0.2, 0) is 0 Å². The third kappa shape index (κ3) is 3.17. The third-order valence-corrected chi connectivity index (χ3v) is 2.62. The Morgan fingerprint density at radius 2 is 1.65 bits per heavy atom. The Balaban J connectivity index is 2.08. The van der Waals surface area contributed by atoms with Gasteiger partial charge in [-0.3, -0.25) is 9.59 Å². The van der Waals surface area contributed by atoms with Crippen LogP contribution in [0.5, 0.6) is 0 Å². The highest BCUT2D eigenvalue weighted by Crippen LogP contribution is 2.11. The fourth-order valence-corrected chi connectivity index (χ4v) is 1.56. The maximum absolute atomic E-state index is 12.6. The molecular formula is C14H12FN3O2. The topological polar surface area (TPSA) is 71.1 Å². The van der Waals surface area contributed by atoms with Crippen molar-refractivity contribution in [2.75, 3.05) is 12.4 Å². The second-order valence-electron chi connectivity index (χ2n) is 3.98. The lowest BCUT2D eigenvalue weighted by Crippen LogP contribution is -2.18. The normalized spacial score (nSPS) is 9.90. The van der Waals surface area contributed by atoms with Crippen LogP contribution < -0.4 is 10.6 Å². The zero-order valence-corrected chi connectivity index (χ0v) is 10.7. The van der Waals surface area contributed by atoms with E-state index in [1.165, 1.54) is 6.07 Å². The first-order valence-corrected chi connectivity index (χ1v) is 5.85. The highest BCUT2D eigenvalue weighted by Gasteiger charge is 2.08. The molecule has 0 fully saturated rings. The zero-order valence-electron chi connectivity index (χ0n) is 10.7. The number of hydrogen-bond donors (Lipinski definition) is 2. The predicted molar refractivity (Wildman–Crippen MR) is 72.0 cm³/mol. The van der Waals surface area contributed by atoms with Crippen molar-refractivity contribution >= 4 is 17.5 Å². The summed E-state index contributed by atoms with van der Waals surface area (Å²) in [5, 5.41) is 5.13. The Kier molecular flexibility index (Phi) is 4.05. The second-order valence-corrected chi connectivity index (χ2v) is 3.98. The van der Waals surface area contributed by atoms with Crippen LogP contribution in [0.4, 0.5) is 10.1 Å². The van der Waals surface area contributed by atoms with E-state index in [-0.39, 0.29) is 11.5 Å². The minimum atomic E-state index is -0.642. The number of amides is 2. The molecular weight excluding hydrogens is 261 g/mol. The molecule has 0 bridgehead atoms. The molecule has 20 heavy (non-hydrogen) atoms. The van der Waals surface area contributed by atoms with Crippen molar-refractivity contribution in [1.29, 1.82) is 0 Å². The van der Waals surface area contributed by atoms with E-state index in [1.54, 1.807) is 31.3 Å². The Morgan fingerprint density at radius 1 is 1.00 bits per heavy atom. The summed E-state index contributed by atoms with van der Waals surface area (Å²) < 4.78 is 12.6. The molecule has 0 radical (unpaired) electrons. The molecule has 0 atom stereocenters. The molecule has 1 heterocycles. The molecule has 2 rings (SSSR count). The number of pyridine rings is 1. The average Bonchev–Trinajstić information content (AvgIpc) is 2.48. The number of nitrogens with one attached hydrogen (secondary N) is 2. The number of benzene rings is 1. The molecule has 0 aliphatic heterocycles. The van der Waals surface area contributed by atoms with E-state index in [0.717, 1.165) is 12.3 Å². The van der Waals surface area contributed by atoms with Gasteiger partial charge in [0.15, 0.2) is 0 Å². The van der Waals surface area contributed by atoms with E-state index in [2.05, 4.69) is 15.6 Å². The van der Waals surface area contributed by atoms with Crippen LogP contribution in [0.25, 0.3) is 0 Å². The molecule has 0 spiro atoms. The van der Waals surface area contributed by atoms with Crippen LogP contribution in [0, 0.1) is 5.95 Å². The second kappa shape index (κ2) is 5.92. The van der Waals surface area contributed by atoms with Crippen LogP contribution >= 0.6 is 0 Å². The van der Waals surface area contributed by atoms with Gasteiger partial charge in [0.2, 0.25) is 5.95 Å². The summed E-state index contributed by atoms with van der Waals surface area (Å²) in [6.07, 6.45) is 1.16. The van der Waals surface area contributed by atoms with E-state index >= 15 is 0 Å². The number of aromatic nitrogens is 1. The zero-order chi connectivity index (χ0) is 14.5. The average molecular weight is 273 g/mol. The number of rotatable bonds is 3. The number of carbonyl (C=O) groups is 2. The number of carbonyl (C=O) groups excluding carboxylic acids is 2. The lowest BCUT2D eigenvalue weighted by atomic mass is 10.2. The molecule has 0 saturated heterocycles. The molecule has 102 valence electrons.